The van der Waals surface area contributed by atoms with Gasteiger partial charge in [-0.3, -0.25) is 4.79 Å². The van der Waals surface area contributed by atoms with Crippen LogP contribution < -0.4 is 9.47 Å². The minimum Gasteiger partial charge on any atom is -0.487 e. The summed E-state index contributed by atoms with van der Waals surface area (Å²) in [6.07, 6.45) is 4.18. The van der Waals surface area contributed by atoms with Crippen LogP contribution in [0.3, 0.4) is 0 Å². The topological polar surface area (TPSA) is 100 Å². The van der Waals surface area contributed by atoms with Gasteiger partial charge in [-0.05, 0) is 49.4 Å². The van der Waals surface area contributed by atoms with E-state index in [4.69, 9.17) is 14.6 Å². The van der Waals surface area contributed by atoms with Crippen molar-refractivity contribution >= 4 is 28.6 Å². The highest BCUT2D eigenvalue weighted by atomic mass is 32.2. The number of aliphatic carboxylic acids is 1. The van der Waals surface area contributed by atoms with E-state index in [1.807, 2.05) is 0 Å². The second-order valence-corrected chi connectivity index (χ2v) is 11.3. The molecule has 44 heavy (non-hydrogen) atoms. The van der Waals surface area contributed by atoms with Gasteiger partial charge in [0.05, 0.1) is 21.7 Å². The summed E-state index contributed by atoms with van der Waals surface area (Å²) in [5.74, 6) is -7.98. The van der Waals surface area contributed by atoms with Crippen LogP contribution in [0, 0.1) is 17.5 Å². The Morgan fingerprint density at radius 3 is 2.70 bits per heavy atom. The van der Waals surface area contributed by atoms with Crippen molar-refractivity contribution in [3.05, 3.63) is 89.1 Å². The van der Waals surface area contributed by atoms with E-state index in [9.17, 15) is 9.18 Å². The van der Waals surface area contributed by atoms with Crippen LogP contribution in [0.5, 0.6) is 17.2 Å². The number of fused-ring (bicyclic) bond motifs is 2. The zero-order valence-electron chi connectivity index (χ0n) is 23.2. The third-order valence-electron chi connectivity index (χ3n) is 7.91. The number of thioether (sulfide) groups is 1. The van der Waals surface area contributed by atoms with Crippen molar-refractivity contribution in [2.45, 2.75) is 36.0 Å². The molecule has 0 saturated carbocycles. The number of ether oxygens (including phenoxy) is 2. The van der Waals surface area contributed by atoms with Crippen molar-refractivity contribution in [1.82, 2.24) is 15.0 Å². The van der Waals surface area contributed by atoms with Gasteiger partial charge < -0.3 is 24.5 Å². The number of aromatic amines is 2. The van der Waals surface area contributed by atoms with E-state index in [-0.39, 0.29) is 58.3 Å². The first-order valence-corrected chi connectivity index (χ1v) is 14.6. The van der Waals surface area contributed by atoms with Crippen LogP contribution in [-0.4, -0.2) is 44.8 Å². The number of aryl methyl sites for hydroxylation is 1. The molecule has 7 nitrogen and oxygen atoms in total. The van der Waals surface area contributed by atoms with Crippen molar-refractivity contribution in [3.8, 4) is 28.6 Å². The van der Waals surface area contributed by atoms with Crippen molar-refractivity contribution in [2.75, 3.05) is 12.9 Å². The van der Waals surface area contributed by atoms with Crippen LogP contribution in [0.4, 0.5) is 22.0 Å². The molecule has 6 rings (SSSR count). The molecule has 0 spiro atoms. The zero-order chi connectivity index (χ0) is 31.4. The van der Waals surface area contributed by atoms with Crippen LogP contribution in [-0.2, 0) is 16.6 Å². The Morgan fingerprint density at radius 1 is 1.16 bits per heavy atom. The first kappa shape index (κ1) is 29.5. The fraction of sp³-hybridized carbons (Fsp3) is 0.226. The van der Waals surface area contributed by atoms with E-state index < -0.39 is 41.4 Å². The number of benzene rings is 3. The summed E-state index contributed by atoms with van der Waals surface area (Å²) in [7, 11) is 0. The lowest BCUT2D eigenvalue weighted by Gasteiger charge is -2.42. The Labute approximate surface area is 251 Å². The lowest BCUT2D eigenvalue weighted by molar-refractivity contribution is -0.137. The maximum atomic E-state index is 15.7. The lowest BCUT2D eigenvalue weighted by Crippen LogP contribution is -2.51. The van der Waals surface area contributed by atoms with E-state index in [1.54, 1.807) is 24.5 Å². The predicted molar refractivity (Wildman–Crippen MR) is 153 cm³/mol. The van der Waals surface area contributed by atoms with Gasteiger partial charge in [-0.2, -0.15) is 4.39 Å². The van der Waals surface area contributed by atoms with Gasteiger partial charge in [0.2, 0.25) is 5.82 Å². The number of carboxylic acids is 1. The first-order valence-electron chi connectivity index (χ1n) is 13.4. The molecule has 5 aromatic rings. The van der Waals surface area contributed by atoms with Gasteiger partial charge in [0.1, 0.15) is 28.6 Å². The van der Waals surface area contributed by atoms with Crippen molar-refractivity contribution in [2.24, 2.45) is 0 Å². The van der Waals surface area contributed by atoms with E-state index in [0.29, 0.717) is 15.8 Å². The summed E-state index contributed by atoms with van der Waals surface area (Å²) in [5.41, 5.74) is -1.64. The highest BCUT2D eigenvalue weighted by molar-refractivity contribution is 7.99. The maximum Gasteiger partial charge on any atom is 0.303 e. The number of halogens is 5. The lowest BCUT2D eigenvalue weighted by atomic mass is 9.72. The SMILES string of the molecule is CSc1c(Oc2ccc(F)c(-c3ncc(C4(C)c5cccc(CCC(=O)O)c5OCC4(F)F)[nH]3)c2)c(F)c(F)c2[nH]ccc12. The smallest absolute Gasteiger partial charge is 0.303 e. The quantitative estimate of drug-likeness (QED) is 0.120. The van der Waals surface area contributed by atoms with Crippen LogP contribution in [0.15, 0.2) is 59.8 Å². The summed E-state index contributed by atoms with van der Waals surface area (Å²) < 4.78 is 87.4. The summed E-state index contributed by atoms with van der Waals surface area (Å²) in [6, 6.07) is 9.71. The van der Waals surface area contributed by atoms with Crippen molar-refractivity contribution in [1.29, 1.82) is 0 Å². The van der Waals surface area contributed by atoms with Gasteiger partial charge in [0.25, 0.3) is 5.92 Å². The number of aromatic nitrogens is 3. The number of para-hydroxylation sites is 1. The molecule has 0 aliphatic carbocycles. The molecule has 0 bridgehead atoms. The Bertz CT molecular complexity index is 1920. The number of carboxylic acid groups (broad SMARTS) is 1. The predicted octanol–water partition coefficient (Wildman–Crippen LogP) is 7.84. The zero-order valence-corrected chi connectivity index (χ0v) is 24.1. The second-order valence-electron chi connectivity index (χ2n) is 10.5. The Balaban J connectivity index is 1.39. The molecule has 0 amide bonds. The van der Waals surface area contributed by atoms with Crippen molar-refractivity contribution < 1.29 is 41.3 Å². The van der Waals surface area contributed by atoms with Crippen LogP contribution in [0.1, 0.15) is 30.2 Å². The number of hydrogen-bond donors (Lipinski definition) is 3. The molecule has 1 atom stereocenters. The number of H-pyrrole nitrogens is 2. The van der Waals surface area contributed by atoms with Crippen LogP contribution in [0.25, 0.3) is 22.3 Å². The Kier molecular flexibility index (Phi) is 7.31. The third kappa shape index (κ3) is 4.66. The number of rotatable bonds is 8. The van der Waals surface area contributed by atoms with Crippen LogP contribution >= 0.6 is 11.8 Å². The maximum absolute atomic E-state index is 15.7. The van der Waals surface area contributed by atoms with Gasteiger partial charge in [-0.1, -0.05) is 18.2 Å². The van der Waals surface area contributed by atoms with Gasteiger partial charge >= 0.3 is 5.97 Å². The standard InChI is InChI=1S/C31H24F5N3O4S/c1-30(19-5-3-4-15(6-9-22(40)41)26(19)42-14-31(30,35)36)21-13-38-29(39-21)18-12-16(7-8-20(18)32)43-27-24(34)23(33)25-17(10-11-37-25)28(27)44-2/h3-5,7-8,10-13,37H,6,9,14H2,1-2H3,(H,38,39)(H,40,41). The van der Waals surface area contributed by atoms with Gasteiger partial charge in [0.15, 0.2) is 18.2 Å². The van der Waals surface area contributed by atoms with E-state index in [1.165, 1.54) is 37.5 Å². The number of nitrogens with zero attached hydrogens (tertiary/aromatic N) is 1. The number of nitrogens with one attached hydrogen (secondary N) is 2. The number of alkyl halides is 2. The molecule has 228 valence electrons. The normalized spacial score (nSPS) is 17.3. The highest BCUT2D eigenvalue weighted by Crippen LogP contribution is 2.52. The average molecular weight is 630 g/mol. The monoisotopic (exact) mass is 629 g/mol. The highest BCUT2D eigenvalue weighted by Gasteiger charge is 2.58. The average Bonchev–Trinajstić information content (AvgIpc) is 3.69. The van der Waals surface area contributed by atoms with E-state index in [2.05, 4.69) is 15.0 Å². The Morgan fingerprint density at radius 2 is 1.95 bits per heavy atom. The van der Waals surface area contributed by atoms with Crippen LogP contribution in [0.2, 0.25) is 0 Å². The molecule has 1 aliphatic heterocycles. The number of hydrogen-bond acceptors (Lipinski definition) is 5. The summed E-state index contributed by atoms with van der Waals surface area (Å²) >= 11 is 1.14. The molecule has 3 aromatic carbocycles. The molecular weight excluding hydrogens is 605 g/mol. The minimum absolute atomic E-state index is 0.0175. The summed E-state index contributed by atoms with van der Waals surface area (Å²) in [6.45, 7) is 0.332. The van der Waals surface area contributed by atoms with Gasteiger partial charge in [0, 0.05) is 29.8 Å². The number of imidazole rings is 1. The fourth-order valence-electron chi connectivity index (χ4n) is 5.48. The Hall–Kier alpha value is -4.52. The molecule has 0 fully saturated rings. The second kappa shape index (κ2) is 10.9. The summed E-state index contributed by atoms with van der Waals surface area (Å²) in [4.78, 5) is 21.1. The molecule has 0 saturated heterocycles. The molecule has 3 N–H and O–H groups in total. The molecule has 3 heterocycles. The molecule has 13 heteroatoms. The van der Waals surface area contributed by atoms with Gasteiger partial charge in [-0.15, -0.1) is 11.8 Å². The number of carbonyl (C=O) groups is 1. The first-order chi connectivity index (χ1) is 21.0. The molecule has 2 aromatic heterocycles. The van der Waals surface area contributed by atoms with E-state index in [0.717, 1.165) is 17.8 Å². The largest absolute Gasteiger partial charge is 0.487 e. The molecular formula is C31H24F5N3O4S. The molecule has 0 radical (unpaired) electrons. The van der Waals surface area contributed by atoms with Crippen molar-refractivity contribution in [3.63, 3.8) is 0 Å². The molecule has 1 unspecified atom stereocenters. The minimum atomic E-state index is -3.44. The van der Waals surface area contributed by atoms with E-state index >= 15 is 17.6 Å². The third-order valence-corrected chi connectivity index (χ3v) is 8.73. The fourth-order valence-corrected chi connectivity index (χ4v) is 6.19. The molecule has 1 aliphatic rings. The summed E-state index contributed by atoms with van der Waals surface area (Å²) in [5, 5.41) is 9.52. The van der Waals surface area contributed by atoms with Gasteiger partial charge in [-0.25, -0.2) is 22.5 Å².